The van der Waals surface area contributed by atoms with Crippen LogP contribution in [0.15, 0.2) is 33.4 Å². The fourth-order valence-electron chi connectivity index (χ4n) is 4.09. The highest BCUT2D eigenvalue weighted by Crippen LogP contribution is 2.38. The number of nitrogens with one attached hydrogen (secondary N) is 2. The van der Waals surface area contributed by atoms with E-state index in [2.05, 4.69) is 20.4 Å². The molecule has 0 radical (unpaired) electrons. The van der Waals surface area contributed by atoms with Crippen molar-refractivity contribution in [1.82, 2.24) is 19.6 Å². The van der Waals surface area contributed by atoms with Gasteiger partial charge in [-0.25, -0.2) is 14.3 Å². The number of nitrogens with zero attached hydrogens (tertiary/aromatic N) is 3. The summed E-state index contributed by atoms with van der Waals surface area (Å²) >= 11 is 1.58. The highest BCUT2D eigenvalue weighted by atomic mass is 32.1. The molecule has 0 amide bonds. The molecule has 0 aliphatic heterocycles. The predicted octanol–water partition coefficient (Wildman–Crippen LogP) is 3.06. The van der Waals surface area contributed by atoms with Crippen LogP contribution in [0.2, 0.25) is 0 Å². The van der Waals surface area contributed by atoms with Gasteiger partial charge in [-0.05, 0) is 50.3 Å². The average molecular weight is 420 g/mol. The second-order valence-corrected chi connectivity index (χ2v) is 8.75. The van der Waals surface area contributed by atoms with E-state index in [1.54, 1.807) is 17.4 Å². The molecule has 3 heterocycles. The molecule has 1 aromatic carbocycles. The van der Waals surface area contributed by atoms with E-state index in [9.17, 15) is 9.59 Å². The molecule has 0 spiro atoms. The third kappa shape index (κ3) is 2.89. The molecule has 5 rings (SSSR count). The average Bonchev–Trinajstić information content (AvgIpc) is 3.24. The predicted molar refractivity (Wildman–Crippen MR) is 121 cm³/mol. The Hall–Kier alpha value is -3.46. The fraction of sp³-hybridized carbons (Fsp3) is 0.238. The summed E-state index contributed by atoms with van der Waals surface area (Å²) in [6.45, 7) is 3.98. The maximum Gasteiger partial charge on any atom is 0.368 e. The van der Waals surface area contributed by atoms with Gasteiger partial charge in [0.1, 0.15) is 10.6 Å². The molecule has 0 bridgehead atoms. The number of thiophene rings is 1. The lowest BCUT2D eigenvalue weighted by Crippen LogP contribution is -2.31. The number of aromatic amines is 1. The van der Waals surface area contributed by atoms with Crippen LogP contribution in [0.1, 0.15) is 36.3 Å². The van der Waals surface area contributed by atoms with Crippen LogP contribution in [0.5, 0.6) is 0 Å². The van der Waals surface area contributed by atoms with Crippen LogP contribution >= 0.6 is 11.3 Å². The number of allylic oxidation sites excluding steroid dienone is 1. The molecular formula is C21H20N6O2S. The summed E-state index contributed by atoms with van der Waals surface area (Å²) < 4.78 is 1.31. The van der Waals surface area contributed by atoms with Crippen molar-refractivity contribution in [2.75, 3.05) is 11.2 Å². The van der Waals surface area contributed by atoms with Gasteiger partial charge in [0.15, 0.2) is 5.82 Å². The minimum absolute atomic E-state index is 0.168. The molecule has 1 aliphatic carbocycles. The van der Waals surface area contributed by atoms with Gasteiger partial charge in [0.05, 0.1) is 10.9 Å². The molecule has 4 aromatic rings. The Bertz CT molecular complexity index is 1470. The van der Waals surface area contributed by atoms with Gasteiger partial charge >= 0.3 is 11.4 Å². The highest BCUT2D eigenvalue weighted by molar-refractivity contribution is 7.19. The van der Waals surface area contributed by atoms with E-state index in [0.29, 0.717) is 16.7 Å². The number of aryl methyl sites for hydroxylation is 2. The summed E-state index contributed by atoms with van der Waals surface area (Å²) in [5, 5.41) is 1.53. The van der Waals surface area contributed by atoms with Crippen molar-refractivity contribution in [2.45, 2.75) is 33.1 Å². The number of hydrogen-bond acceptors (Lipinski definition) is 7. The first-order valence-electron chi connectivity index (χ1n) is 9.70. The van der Waals surface area contributed by atoms with Crippen molar-refractivity contribution in [3.63, 3.8) is 0 Å². The quantitative estimate of drug-likeness (QED) is 0.469. The lowest BCUT2D eigenvalue weighted by molar-refractivity contribution is 0.876. The number of nitrogens with two attached hydrogens (primary N) is 1. The van der Waals surface area contributed by atoms with Crippen molar-refractivity contribution in [2.24, 2.45) is 0 Å². The zero-order valence-electron chi connectivity index (χ0n) is 16.6. The largest absolute Gasteiger partial charge is 0.383 e. The van der Waals surface area contributed by atoms with E-state index in [0.717, 1.165) is 40.6 Å². The van der Waals surface area contributed by atoms with Gasteiger partial charge in [0.2, 0.25) is 0 Å². The molecule has 30 heavy (non-hydrogen) atoms. The Balaban J connectivity index is 1.77. The third-order valence-corrected chi connectivity index (χ3v) is 6.44. The molecule has 3 aromatic heterocycles. The SMILES string of the molecule is CC(C)=Cc1cccc2c1c(N)nc(=O)n2Nc1nc(=O)[nH]c2sc3c(c12)CCC3. The zero-order valence-corrected chi connectivity index (χ0v) is 17.4. The molecule has 0 saturated carbocycles. The molecule has 4 N–H and O–H groups in total. The topological polar surface area (TPSA) is 119 Å². The monoisotopic (exact) mass is 420 g/mol. The minimum Gasteiger partial charge on any atom is -0.383 e. The summed E-state index contributed by atoms with van der Waals surface area (Å²) in [6, 6.07) is 5.58. The van der Waals surface area contributed by atoms with E-state index < -0.39 is 11.4 Å². The van der Waals surface area contributed by atoms with Crippen LogP contribution in [0.25, 0.3) is 27.2 Å². The zero-order chi connectivity index (χ0) is 21.0. The molecule has 0 unspecified atom stereocenters. The van der Waals surface area contributed by atoms with Crippen molar-refractivity contribution in [1.29, 1.82) is 0 Å². The second kappa shape index (κ2) is 6.81. The van der Waals surface area contributed by atoms with Gasteiger partial charge < -0.3 is 5.73 Å². The van der Waals surface area contributed by atoms with Crippen LogP contribution < -0.4 is 22.5 Å². The van der Waals surface area contributed by atoms with Crippen molar-refractivity contribution in [3.05, 3.63) is 60.7 Å². The van der Waals surface area contributed by atoms with Gasteiger partial charge in [-0.3, -0.25) is 10.4 Å². The van der Waals surface area contributed by atoms with E-state index in [1.165, 1.54) is 15.1 Å². The standard InChI is InChI=1S/C21H20N6O2S/c1-10(2)9-11-5-3-7-13-15(11)17(22)23-21(29)27(13)26-18-16-12-6-4-8-14(12)30-19(16)25-20(28)24-18/h3,5,7,9H,4,6,8H2,1-2H3,(H2,22,23,29)(H2,24,25,26,28). The van der Waals surface area contributed by atoms with Crippen LogP contribution in [-0.4, -0.2) is 19.6 Å². The summed E-state index contributed by atoms with van der Waals surface area (Å²) in [6.07, 6.45) is 4.99. The van der Waals surface area contributed by atoms with Crippen LogP contribution in [0, 0.1) is 0 Å². The third-order valence-electron chi connectivity index (χ3n) is 5.23. The first kappa shape index (κ1) is 18.6. The number of nitrogen functional groups attached to an aromatic ring is 1. The van der Waals surface area contributed by atoms with Crippen LogP contribution in [0.4, 0.5) is 11.6 Å². The number of anilines is 2. The number of hydrogen-bond donors (Lipinski definition) is 3. The Morgan fingerprint density at radius 1 is 1.23 bits per heavy atom. The van der Waals surface area contributed by atoms with Crippen LogP contribution in [-0.2, 0) is 12.8 Å². The molecule has 8 nitrogen and oxygen atoms in total. The maximum atomic E-state index is 12.8. The van der Waals surface area contributed by atoms with E-state index in [4.69, 9.17) is 5.73 Å². The Labute approximate surface area is 175 Å². The smallest absolute Gasteiger partial charge is 0.368 e. The number of aromatic nitrogens is 4. The molecule has 0 fully saturated rings. The Kier molecular flexibility index (Phi) is 4.21. The fourth-order valence-corrected chi connectivity index (χ4v) is 5.37. The van der Waals surface area contributed by atoms with Gasteiger partial charge in [-0.2, -0.15) is 9.97 Å². The second-order valence-electron chi connectivity index (χ2n) is 7.64. The first-order chi connectivity index (χ1) is 14.4. The van der Waals surface area contributed by atoms with Crippen molar-refractivity contribution < 1.29 is 0 Å². The number of benzene rings is 1. The molecule has 0 saturated heterocycles. The molecule has 152 valence electrons. The molecular weight excluding hydrogens is 400 g/mol. The normalized spacial score (nSPS) is 13.0. The number of fused-ring (bicyclic) bond motifs is 4. The highest BCUT2D eigenvalue weighted by Gasteiger charge is 2.22. The first-order valence-corrected chi connectivity index (χ1v) is 10.5. The van der Waals surface area contributed by atoms with Gasteiger partial charge in [-0.15, -0.1) is 11.3 Å². The van der Waals surface area contributed by atoms with Crippen molar-refractivity contribution >= 4 is 50.2 Å². The van der Waals surface area contributed by atoms with Gasteiger partial charge in [-0.1, -0.05) is 23.8 Å². The van der Waals surface area contributed by atoms with Crippen LogP contribution in [0.3, 0.4) is 0 Å². The molecule has 9 heteroatoms. The molecule has 1 aliphatic rings. The number of H-pyrrole nitrogens is 1. The van der Waals surface area contributed by atoms with E-state index >= 15 is 0 Å². The molecule has 0 atom stereocenters. The summed E-state index contributed by atoms with van der Waals surface area (Å²) in [7, 11) is 0. The summed E-state index contributed by atoms with van der Waals surface area (Å²) in [4.78, 5) is 37.9. The van der Waals surface area contributed by atoms with Gasteiger partial charge in [0, 0.05) is 10.3 Å². The van der Waals surface area contributed by atoms with E-state index in [1.807, 2.05) is 32.1 Å². The minimum atomic E-state index is -0.559. The lowest BCUT2D eigenvalue weighted by atomic mass is 10.1. The van der Waals surface area contributed by atoms with E-state index in [-0.39, 0.29) is 5.82 Å². The lowest BCUT2D eigenvalue weighted by Gasteiger charge is -2.15. The number of rotatable bonds is 3. The Morgan fingerprint density at radius 3 is 2.87 bits per heavy atom. The summed E-state index contributed by atoms with van der Waals surface area (Å²) in [5.74, 6) is 0.525. The Morgan fingerprint density at radius 2 is 2.07 bits per heavy atom. The van der Waals surface area contributed by atoms with Gasteiger partial charge in [0.25, 0.3) is 0 Å². The maximum absolute atomic E-state index is 12.8. The summed E-state index contributed by atoms with van der Waals surface area (Å²) in [5.41, 5.74) is 11.9. The van der Waals surface area contributed by atoms with Crippen molar-refractivity contribution in [3.8, 4) is 0 Å².